The second-order valence-corrected chi connectivity index (χ2v) is 8.15. The van der Waals surface area contributed by atoms with Crippen LogP contribution in [0, 0.1) is 0 Å². The minimum atomic E-state index is -0.268. The van der Waals surface area contributed by atoms with Gasteiger partial charge in [-0.15, -0.1) is 22.7 Å². The van der Waals surface area contributed by atoms with Crippen molar-refractivity contribution in [3.05, 3.63) is 89.4 Å². The minimum Gasteiger partial charge on any atom is -0.296 e. The number of rotatable bonds is 5. The van der Waals surface area contributed by atoms with Crippen molar-refractivity contribution in [3.8, 4) is 27.6 Å². The summed E-state index contributed by atoms with van der Waals surface area (Å²) in [5, 5.41) is 12.0. The molecule has 8 heteroatoms. The largest absolute Gasteiger partial charge is 0.296 e. The summed E-state index contributed by atoms with van der Waals surface area (Å²) in [6, 6.07) is 21.0. The molecule has 0 radical (unpaired) electrons. The number of hydrogen-bond acceptors (Lipinski definition) is 6. The van der Waals surface area contributed by atoms with Crippen molar-refractivity contribution < 1.29 is 4.79 Å². The molecule has 0 aliphatic carbocycles. The number of anilines is 1. The molecule has 1 aromatic carbocycles. The van der Waals surface area contributed by atoms with E-state index in [1.165, 1.54) is 11.3 Å². The molecule has 0 atom stereocenters. The highest BCUT2D eigenvalue weighted by Crippen LogP contribution is 2.27. The van der Waals surface area contributed by atoms with Gasteiger partial charge in [-0.25, -0.2) is 9.67 Å². The van der Waals surface area contributed by atoms with Gasteiger partial charge in [0.2, 0.25) is 0 Å². The molecule has 6 nitrogen and oxygen atoms in total. The van der Waals surface area contributed by atoms with E-state index in [2.05, 4.69) is 20.4 Å². The average Bonchev–Trinajstić information content (AvgIpc) is 3.55. The third kappa shape index (κ3) is 3.66. The molecule has 0 fully saturated rings. The van der Waals surface area contributed by atoms with Crippen LogP contribution in [0.5, 0.6) is 0 Å². The molecule has 0 bridgehead atoms. The van der Waals surface area contributed by atoms with Crippen LogP contribution in [0.2, 0.25) is 0 Å². The molecule has 1 N–H and O–H groups in total. The van der Waals surface area contributed by atoms with Crippen molar-refractivity contribution in [1.29, 1.82) is 0 Å². The third-order valence-electron chi connectivity index (χ3n) is 4.37. The SMILES string of the molecule is O=C(Nc1nc(-c2ccccn2)cs1)c1cc(-c2cccs2)nn1-c1ccccc1. The van der Waals surface area contributed by atoms with Crippen molar-refractivity contribution in [2.24, 2.45) is 0 Å². The number of nitrogens with zero attached hydrogens (tertiary/aromatic N) is 4. The highest BCUT2D eigenvalue weighted by molar-refractivity contribution is 7.14. The fourth-order valence-electron chi connectivity index (χ4n) is 2.98. The highest BCUT2D eigenvalue weighted by Gasteiger charge is 2.19. The lowest BCUT2D eigenvalue weighted by atomic mass is 10.3. The maximum absolute atomic E-state index is 13.1. The Labute approximate surface area is 180 Å². The lowest BCUT2D eigenvalue weighted by molar-refractivity contribution is 0.101. The molecule has 0 spiro atoms. The Bertz CT molecular complexity index is 1280. The predicted molar refractivity (Wildman–Crippen MR) is 120 cm³/mol. The van der Waals surface area contributed by atoms with E-state index in [0.29, 0.717) is 10.8 Å². The van der Waals surface area contributed by atoms with Gasteiger partial charge >= 0.3 is 0 Å². The summed E-state index contributed by atoms with van der Waals surface area (Å²) in [5.74, 6) is -0.268. The van der Waals surface area contributed by atoms with Crippen molar-refractivity contribution in [1.82, 2.24) is 19.7 Å². The predicted octanol–water partition coefficient (Wildman–Crippen LogP) is 5.37. The number of amides is 1. The summed E-state index contributed by atoms with van der Waals surface area (Å²) < 4.78 is 1.66. The van der Waals surface area contributed by atoms with Crippen molar-refractivity contribution in [3.63, 3.8) is 0 Å². The van der Waals surface area contributed by atoms with E-state index in [9.17, 15) is 4.79 Å². The molecule has 4 heterocycles. The third-order valence-corrected chi connectivity index (χ3v) is 6.02. The van der Waals surface area contributed by atoms with Crippen LogP contribution in [0.3, 0.4) is 0 Å². The fraction of sp³-hybridized carbons (Fsp3) is 0. The van der Waals surface area contributed by atoms with Crippen LogP contribution in [-0.4, -0.2) is 25.7 Å². The van der Waals surface area contributed by atoms with Crippen LogP contribution in [0.15, 0.2) is 83.7 Å². The normalized spacial score (nSPS) is 10.8. The van der Waals surface area contributed by atoms with Crippen LogP contribution in [0.25, 0.3) is 27.6 Å². The molecular weight excluding hydrogens is 414 g/mol. The number of nitrogens with one attached hydrogen (secondary N) is 1. The van der Waals surface area contributed by atoms with Gasteiger partial charge in [0, 0.05) is 11.6 Å². The van der Waals surface area contributed by atoms with Gasteiger partial charge in [0.25, 0.3) is 5.91 Å². The lowest BCUT2D eigenvalue weighted by Gasteiger charge is -2.06. The highest BCUT2D eigenvalue weighted by atomic mass is 32.1. The number of carbonyl (C=O) groups is 1. The Morgan fingerprint density at radius 2 is 1.77 bits per heavy atom. The van der Waals surface area contributed by atoms with E-state index in [0.717, 1.165) is 27.6 Å². The van der Waals surface area contributed by atoms with E-state index in [4.69, 9.17) is 0 Å². The molecule has 0 saturated heterocycles. The molecule has 5 rings (SSSR count). The second kappa shape index (κ2) is 8.02. The smallest absolute Gasteiger partial charge is 0.276 e. The maximum atomic E-state index is 13.1. The zero-order valence-corrected chi connectivity index (χ0v) is 17.2. The van der Waals surface area contributed by atoms with Crippen LogP contribution in [0.4, 0.5) is 5.13 Å². The van der Waals surface area contributed by atoms with Gasteiger partial charge in [-0.2, -0.15) is 5.10 Å². The average molecular weight is 430 g/mol. The summed E-state index contributed by atoms with van der Waals surface area (Å²) >= 11 is 2.95. The molecule has 0 aliphatic heterocycles. The number of thiazole rings is 1. The molecule has 5 aromatic rings. The summed E-state index contributed by atoms with van der Waals surface area (Å²) in [6.45, 7) is 0. The van der Waals surface area contributed by atoms with Crippen molar-refractivity contribution >= 4 is 33.7 Å². The van der Waals surface area contributed by atoms with E-state index in [-0.39, 0.29) is 5.91 Å². The Morgan fingerprint density at radius 3 is 2.53 bits per heavy atom. The molecule has 30 heavy (non-hydrogen) atoms. The van der Waals surface area contributed by atoms with E-state index in [1.807, 2.05) is 71.4 Å². The minimum absolute atomic E-state index is 0.268. The van der Waals surface area contributed by atoms with Crippen LogP contribution in [0.1, 0.15) is 10.5 Å². The summed E-state index contributed by atoms with van der Waals surface area (Å²) in [7, 11) is 0. The number of thiophene rings is 1. The number of benzene rings is 1. The van der Waals surface area contributed by atoms with E-state index in [1.54, 1.807) is 28.3 Å². The molecule has 146 valence electrons. The van der Waals surface area contributed by atoms with Gasteiger partial charge in [0.15, 0.2) is 5.13 Å². The molecule has 0 unspecified atom stereocenters. The van der Waals surface area contributed by atoms with Gasteiger partial charge < -0.3 is 0 Å². The summed E-state index contributed by atoms with van der Waals surface area (Å²) in [5.41, 5.74) is 3.51. The first kappa shape index (κ1) is 18.4. The number of aromatic nitrogens is 4. The molecule has 4 aromatic heterocycles. The fourth-order valence-corrected chi connectivity index (χ4v) is 4.36. The molecule has 0 aliphatic rings. The van der Waals surface area contributed by atoms with Gasteiger partial charge in [-0.3, -0.25) is 15.1 Å². The Balaban J connectivity index is 1.47. The van der Waals surface area contributed by atoms with Gasteiger partial charge in [-0.05, 0) is 41.8 Å². The van der Waals surface area contributed by atoms with E-state index < -0.39 is 0 Å². The monoisotopic (exact) mass is 429 g/mol. The Hall–Kier alpha value is -3.62. The molecule has 1 amide bonds. The first-order valence-corrected chi connectivity index (χ1v) is 10.9. The topological polar surface area (TPSA) is 72.7 Å². The van der Waals surface area contributed by atoms with Gasteiger partial charge in [0.1, 0.15) is 17.1 Å². The second-order valence-electron chi connectivity index (χ2n) is 6.35. The molecular formula is C22H15N5OS2. The Kier molecular flexibility index (Phi) is 4.92. The van der Waals surface area contributed by atoms with Crippen LogP contribution >= 0.6 is 22.7 Å². The summed E-state index contributed by atoms with van der Waals surface area (Å²) in [4.78, 5) is 22.9. The number of hydrogen-bond donors (Lipinski definition) is 1. The van der Waals surface area contributed by atoms with Crippen LogP contribution in [-0.2, 0) is 0 Å². The zero-order chi connectivity index (χ0) is 20.3. The zero-order valence-electron chi connectivity index (χ0n) is 15.6. The first-order valence-electron chi connectivity index (χ1n) is 9.15. The Morgan fingerprint density at radius 1 is 0.900 bits per heavy atom. The van der Waals surface area contributed by atoms with Crippen molar-refractivity contribution in [2.45, 2.75) is 0 Å². The number of para-hydroxylation sites is 1. The first-order chi connectivity index (χ1) is 14.8. The quantitative estimate of drug-likeness (QED) is 0.408. The van der Waals surface area contributed by atoms with Crippen LogP contribution < -0.4 is 5.32 Å². The molecule has 0 saturated carbocycles. The number of pyridine rings is 1. The van der Waals surface area contributed by atoms with Gasteiger partial charge in [-0.1, -0.05) is 30.3 Å². The van der Waals surface area contributed by atoms with E-state index >= 15 is 0 Å². The number of carbonyl (C=O) groups excluding carboxylic acids is 1. The lowest BCUT2D eigenvalue weighted by Crippen LogP contribution is -2.16. The van der Waals surface area contributed by atoms with Gasteiger partial charge in [0.05, 0.1) is 16.3 Å². The van der Waals surface area contributed by atoms with Crippen molar-refractivity contribution in [2.75, 3.05) is 5.32 Å². The summed E-state index contributed by atoms with van der Waals surface area (Å²) in [6.07, 6.45) is 1.72. The standard InChI is InChI=1S/C22H15N5OS2/c28-21(25-22-24-18(14-30-22)16-9-4-5-11-23-16)19-13-17(20-10-6-12-29-20)26-27(19)15-7-2-1-3-8-15/h1-14H,(H,24,25,28). The maximum Gasteiger partial charge on any atom is 0.276 e.